The summed E-state index contributed by atoms with van der Waals surface area (Å²) in [6.45, 7) is 3.73. The number of rotatable bonds is 5. The van der Waals surface area contributed by atoms with Crippen molar-refractivity contribution < 1.29 is 4.42 Å². The minimum atomic E-state index is 0.497. The quantitative estimate of drug-likeness (QED) is 0.897. The van der Waals surface area contributed by atoms with Crippen LogP contribution < -0.4 is 5.32 Å². The minimum Gasteiger partial charge on any atom is -0.424 e. The summed E-state index contributed by atoms with van der Waals surface area (Å²) in [4.78, 5) is 0. The summed E-state index contributed by atoms with van der Waals surface area (Å²) in [5.74, 6) is 4.59. The van der Waals surface area contributed by atoms with Crippen LogP contribution in [0.15, 0.2) is 4.42 Å². The van der Waals surface area contributed by atoms with Crippen LogP contribution in [0.3, 0.4) is 0 Å². The fourth-order valence-corrected chi connectivity index (χ4v) is 5.49. The van der Waals surface area contributed by atoms with Crippen LogP contribution in [0, 0.1) is 23.2 Å². The average Bonchev–Trinajstić information content (AvgIpc) is 2.81. The second kappa shape index (κ2) is 4.83. The van der Waals surface area contributed by atoms with Gasteiger partial charge in [-0.25, -0.2) is 0 Å². The molecule has 1 heterocycles. The van der Waals surface area contributed by atoms with Gasteiger partial charge in [0.1, 0.15) is 0 Å². The van der Waals surface area contributed by atoms with Crippen molar-refractivity contribution in [3.05, 3.63) is 11.8 Å². The third kappa shape index (κ3) is 2.28. The Balaban J connectivity index is 1.47. The monoisotopic (exact) mass is 275 g/mol. The Morgan fingerprint density at radius 2 is 1.65 bits per heavy atom. The highest BCUT2D eigenvalue weighted by molar-refractivity contribution is 5.04. The molecule has 20 heavy (non-hydrogen) atoms. The molecule has 4 aliphatic rings. The average molecular weight is 275 g/mol. The lowest BCUT2D eigenvalue weighted by Crippen LogP contribution is -2.47. The van der Waals surface area contributed by atoms with Crippen LogP contribution in [0.4, 0.5) is 0 Å². The first-order valence-electron chi connectivity index (χ1n) is 8.27. The maximum atomic E-state index is 5.84. The van der Waals surface area contributed by atoms with Crippen LogP contribution in [0.5, 0.6) is 0 Å². The van der Waals surface area contributed by atoms with E-state index in [9.17, 15) is 0 Å². The Labute approximate surface area is 120 Å². The van der Waals surface area contributed by atoms with E-state index in [2.05, 4.69) is 22.4 Å². The molecule has 0 unspecified atom stereocenters. The van der Waals surface area contributed by atoms with Gasteiger partial charge < -0.3 is 9.73 Å². The first-order valence-corrected chi connectivity index (χ1v) is 8.27. The number of hydrogen-bond donors (Lipinski definition) is 1. The van der Waals surface area contributed by atoms with E-state index in [-0.39, 0.29) is 0 Å². The second-order valence-electron chi connectivity index (χ2n) is 7.46. The second-order valence-corrected chi connectivity index (χ2v) is 7.46. The predicted molar refractivity (Wildman–Crippen MR) is 76.0 cm³/mol. The summed E-state index contributed by atoms with van der Waals surface area (Å²) in [5.41, 5.74) is 0.497. The Bertz CT molecular complexity index is 447. The molecule has 0 atom stereocenters. The van der Waals surface area contributed by atoms with Gasteiger partial charge >= 0.3 is 0 Å². The fraction of sp³-hybridized carbons (Fsp3) is 0.875. The molecule has 1 N–H and O–H groups in total. The molecular formula is C16H25N3O. The van der Waals surface area contributed by atoms with E-state index in [0.29, 0.717) is 12.0 Å². The summed E-state index contributed by atoms with van der Waals surface area (Å²) in [6.07, 6.45) is 9.73. The molecule has 4 saturated carbocycles. The van der Waals surface area contributed by atoms with E-state index in [0.717, 1.165) is 42.5 Å². The van der Waals surface area contributed by atoms with E-state index in [1.165, 1.54) is 38.5 Å². The highest BCUT2D eigenvalue weighted by Gasteiger charge is 2.51. The zero-order valence-electron chi connectivity index (χ0n) is 12.4. The number of aromatic nitrogens is 2. The van der Waals surface area contributed by atoms with Crippen molar-refractivity contribution in [1.29, 1.82) is 0 Å². The lowest BCUT2D eigenvalue weighted by molar-refractivity contribution is -0.0552. The van der Waals surface area contributed by atoms with Gasteiger partial charge in [0.05, 0.1) is 6.54 Å². The Morgan fingerprint density at radius 1 is 1.05 bits per heavy atom. The van der Waals surface area contributed by atoms with Crippen LogP contribution in [0.1, 0.15) is 57.2 Å². The van der Waals surface area contributed by atoms with Crippen molar-refractivity contribution >= 4 is 0 Å². The third-order valence-electron chi connectivity index (χ3n) is 5.73. The number of nitrogens with zero attached hydrogens (tertiary/aromatic N) is 2. The van der Waals surface area contributed by atoms with E-state index in [1.54, 1.807) is 0 Å². The number of nitrogens with one attached hydrogen (secondary N) is 1. The van der Waals surface area contributed by atoms with Crippen LogP contribution in [0.2, 0.25) is 0 Å². The molecule has 5 rings (SSSR count). The molecule has 4 bridgehead atoms. The molecule has 1 aromatic rings. The Hall–Kier alpha value is -0.900. The molecule has 0 aromatic carbocycles. The van der Waals surface area contributed by atoms with Gasteiger partial charge in [-0.15, -0.1) is 10.2 Å². The molecule has 4 fully saturated rings. The predicted octanol–water partition coefficient (Wildman–Crippen LogP) is 2.94. The fourth-order valence-electron chi connectivity index (χ4n) is 5.49. The van der Waals surface area contributed by atoms with Gasteiger partial charge in [-0.1, -0.05) is 6.92 Å². The first kappa shape index (κ1) is 12.8. The zero-order chi connectivity index (χ0) is 13.6. The first-order chi connectivity index (χ1) is 9.75. The van der Waals surface area contributed by atoms with Crippen molar-refractivity contribution in [2.45, 2.75) is 58.4 Å². The SMILES string of the molecule is CCNCc1nnc(CC23CC4CC(CC(C4)C2)C3)o1. The molecule has 110 valence electrons. The smallest absolute Gasteiger partial charge is 0.230 e. The van der Waals surface area contributed by atoms with E-state index < -0.39 is 0 Å². The molecule has 0 radical (unpaired) electrons. The molecule has 4 nitrogen and oxygen atoms in total. The van der Waals surface area contributed by atoms with Crippen LogP contribution in [0.25, 0.3) is 0 Å². The highest BCUT2D eigenvalue weighted by atomic mass is 16.4. The van der Waals surface area contributed by atoms with Gasteiger partial charge in [0.2, 0.25) is 11.8 Å². The van der Waals surface area contributed by atoms with Gasteiger partial charge in [-0.05, 0) is 68.2 Å². The molecule has 0 aliphatic heterocycles. The number of hydrogen-bond acceptors (Lipinski definition) is 4. The van der Waals surface area contributed by atoms with E-state index in [4.69, 9.17) is 4.42 Å². The molecule has 1 aromatic heterocycles. The molecule has 0 saturated heterocycles. The van der Waals surface area contributed by atoms with E-state index >= 15 is 0 Å². The van der Waals surface area contributed by atoms with Crippen LogP contribution in [-0.4, -0.2) is 16.7 Å². The summed E-state index contributed by atoms with van der Waals surface area (Å²) < 4.78 is 5.84. The van der Waals surface area contributed by atoms with Crippen LogP contribution in [-0.2, 0) is 13.0 Å². The van der Waals surface area contributed by atoms with Gasteiger partial charge in [0, 0.05) is 6.42 Å². The van der Waals surface area contributed by atoms with Gasteiger partial charge in [-0.2, -0.15) is 0 Å². The zero-order valence-corrected chi connectivity index (χ0v) is 12.4. The van der Waals surface area contributed by atoms with E-state index in [1.807, 2.05) is 0 Å². The van der Waals surface area contributed by atoms with Gasteiger partial charge in [0.15, 0.2) is 0 Å². The lowest BCUT2D eigenvalue weighted by Gasteiger charge is -2.56. The normalized spacial score (nSPS) is 38.5. The molecule has 0 amide bonds. The standard InChI is InChI=1S/C16H25N3O/c1-2-17-10-15-19-18-14(20-15)9-16-6-11-3-12(7-16)5-13(4-11)8-16/h11-13,17H,2-10H2,1H3. The molecule has 4 aliphatic carbocycles. The van der Waals surface area contributed by atoms with Gasteiger partial charge in [-0.3, -0.25) is 0 Å². The van der Waals surface area contributed by atoms with Crippen LogP contribution >= 0.6 is 0 Å². The van der Waals surface area contributed by atoms with Crippen molar-refractivity contribution in [1.82, 2.24) is 15.5 Å². The topological polar surface area (TPSA) is 51.0 Å². The Morgan fingerprint density at radius 3 is 2.25 bits per heavy atom. The molecule has 4 heteroatoms. The molecular weight excluding hydrogens is 250 g/mol. The third-order valence-corrected chi connectivity index (χ3v) is 5.73. The van der Waals surface area contributed by atoms with Crippen molar-refractivity contribution in [2.75, 3.05) is 6.54 Å². The van der Waals surface area contributed by atoms with Crippen molar-refractivity contribution in [3.8, 4) is 0 Å². The Kier molecular flexibility index (Phi) is 3.09. The molecule has 0 spiro atoms. The summed E-state index contributed by atoms with van der Waals surface area (Å²) in [6, 6.07) is 0. The highest BCUT2D eigenvalue weighted by Crippen LogP contribution is 2.60. The summed E-state index contributed by atoms with van der Waals surface area (Å²) in [5, 5.41) is 11.7. The minimum absolute atomic E-state index is 0.497. The van der Waals surface area contributed by atoms with Crippen molar-refractivity contribution in [3.63, 3.8) is 0 Å². The largest absolute Gasteiger partial charge is 0.424 e. The summed E-state index contributed by atoms with van der Waals surface area (Å²) in [7, 11) is 0. The lowest BCUT2D eigenvalue weighted by atomic mass is 9.49. The maximum absolute atomic E-state index is 5.84. The van der Waals surface area contributed by atoms with Crippen molar-refractivity contribution in [2.24, 2.45) is 23.2 Å². The maximum Gasteiger partial charge on any atom is 0.230 e. The summed E-state index contributed by atoms with van der Waals surface area (Å²) >= 11 is 0. The van der Waals surface area contributed by atoms with Gasteiger partial charge in [0.25, 0.3) is 0 Å².